The van der Waals surface area contributed by atoms with Crippen molar-refractivity contribution < 1.29 is 14.7 Å². The zero-order valence-corrected chi connectivity index (χ0v) is 12.8. The molecule has 1 saturated heterocycles. The second-order valence-electron chi connectivity index (χ2n) is 6.00. The monoisotopic (exact) mass is 311 g/mol. The number of likely N-dealkylation sites (tertiary alicyclic amines) is 1. The van der Waals surface area contributed by atoms with Crippen molar-refractivity contribution in [3.63, 3.8) is 0 Å². The number of aliphatic carboxylic acids is 1. The number of carboxylic acid groups (broad SMARTS) is 1. The van der Waals surface area contributed by atoms with Gasteiger partial charge in [-0.25, -0.2) is 9.97 Å². The molecule has 0 radical (unpaired) electrons. The fraction of sp³-hybridized carbons (Fsp3) is 0.294. The summed E-state index contributed by atoms with van der Waals surface area (Å²) in [4.78, 5) is 33.8. The largest absolute Gasteiger partial charge is 0.481 e. The summed E-state index contributed by atoms with van der Waals surface area (Å²) in [6.45, 7) is 2.31. The maximum atomic E-state index is 12.5. The molecule has 23 heavy (non-hydrogen) atoms. The van der Waals surface area contributed by atoms with Crippen LogP contribution >= 0.6 is 0 Å². The molecule has 0 saturated carbocycles. The van der Waals surface area contributed by atoms with E-state index >= 15 is 0 Å². The Hall–Kier alpha value is -2.76. The van der Waals surface area contributed by atoms with Gasteiger partial charge < -0.3 is 10.0 Å². The minimum absolute atomic E-state index is 0.210. The van der Waals surface area contributed by atoms with Crippen molar-refractivity contribution >= 4 is 11.9 Å². The molecule has 1 fully saturated rings. The number of nitrogens with zero attached hydrogens (tertiary/aromatic N) is 3. The molecule has 1 unspecified atom stereocenters. The number of hydrogen-bond donors (Lipinski definition) is 1. The number of rotatable bonds is 3. The molecule has 1 aliphatic rings. The van der Waals surface area contributed by atoms with Crippen molar-refractivity contribution in [1.29, 1.82) is 0 Å². The minimum Gasteiger partial charge on any atom is -0.481 e. The van der Waals surface area contributed by atoms with Gasteiger partial charge in [-0.1, -0.05) is 30.3 Å². The molecule has 1 amide bonds. The van der Waals surface area contributed by atoms with Crippen LogP contribution < -0.4 is 0 Å². The first-order chi connectivity index (χ1) is 11.0. The zero-order valence-electron chi connectivity index (χ0n) is 12.8. The van der Waals surface area contributed by atoms with Gasteiger partial charge in [0.15, 0.2) is 5.82 Å². The van der Waals surface area contributed by atoms with Crippen LogP contribution in [-0.4, -0.2) is 44.9 Å². The third-order valence-electron chi connectivity index (χ3n) is 4.21. The molecule has 0 bridgehead atoms. The van der Waals surface area contributed by atoms with E-state index in [1.54, 1.807) is 11.8 Å². The highest BCUT2D eigenvalue weighted by Crippen LogP contribution is 2.30. The van der Waals surface area contributed by atoms with E-state index in [0.717, 1.165) is 5.56 Å². The van der Waals surface area contributed by atoms with E-state index in [-0.39, 0.29) is 12.5 Å². The maximum Gasteiger partial charge on any atom is 0.311 e. The summed E-state index contributed by atoms with van der Waals surface area (Å²) in [6, 6.07) is 9.50. The fourth-order valence-electron chi connectivity index (χ4n) is 2.67. The average Bonchev–Trinajstić information content (AvgIpc) is 2.99. The van der Waals surface area contributed by atoms with Crippen LogP contribution in [0.1, 0.15) is 23.7 Å². The highest BCUT2D eigenvalue weighted by atomic mass is 16.4. The molecular formula is C17H17N3O3. The summed E-state index contributed by atoms with van der Waals surface area (Å²) in [7, 11) is 0. The van der Waals surface area contributed by atoms with Gasteiger partial charge in [0.25, 0.3) is 5.91 Å². The van der Waals surface area contributed by atoms with Crippen molar-refractivity contribution in [3.05, 3.63) is 48.3 Å². The number of carboxylic acids is 1. The lowest BCUT2D eigenvalue weighted by Crippen LogP contribution is -2.35. The van der Waals surface area contributed by atoms with Gasteiger partial charge in [-0.15, -0.1) is 0 Å². The van der Waals surface area contributed by atoms with Gasteiger partial charge in [0, 0.05) is 31.0 Å². The Labute approximate surface area is 133 Å². The van der Waals surface area contributed by atoms with Crippen LogP contribution in [0.3, 0.4) is 0 Å². The van der Waals surface area contributed by atoms with E-state index in [0.29, 0.717) is 24.4 Å². The predicted octanol–water partition coefficient (Wildman–Crippen LogP) is 2.08. The molecule has 118 valence electrons. The lowest BCUT2D eigenvalue weighted by atomic mass is 9.90. The smallest absolute Gasteiger partial charge is 0.311 e. The summed E-state index contributed by atoms with van der Waals surface area (Å²) in [5, 5.41) is 9.24. The molecule has 3 rings (SSSR count). The summed E-state index contributed by atoms with van der Waals surface area (Å²) in [5.74, 6) is -0.544. The summed E-state index contributed by atoms with van der Waals surface area (Å²) in [6.07, 6.45) is 3.44. The maximum absolute atomic E-state index is 12.5. The number of carbonyl (C=O) groups excluding carboxylic acids is 1. The molecule has 6 nitrogen and oxygen atoms in total. The third kappa shape index (κ3) is 2.92. The van der Waals surface area contributed by atoms with Crippen molar-refractivity contribution in [2.45, 2.75) is 13.3 Å². The first kappa shape index (κ1) is 15.1. The molecule has 1 aromatic carbocycles. The van der Waals surface area contributed by atoms with E-state index in [9.17, 15) is 14.7 Å². The van der Waals surface area contributed by atoms with E-state index in [4.69, 9.17) is 0 Å². The fourth-order valence-corrected chi connectivity index (χ4v) is 2.67. The van der Waals surface area contributed by atoms with E-state index in [1.807, 2.05) is 30.3 Å². The van der Waals surface area contributed by atoms with E-state index in [2.05, 4.69) is 9.97 Å². The van der Waals surface area contributed by atoms with Crippen molar-refractivity contribution in [2.24, 2.45) is 5.41 Å². The lowest BCUT2D eigenvalue weighted by Gasteiger charge is -2.20. The first-order valence-electron chi connectivity index (χ1n) is 7.40. The van der Waals surface area contributed by atoms with Gasteiger partial charge in [0.05, 0.1) is 11.0 Å². The van der Waals surface area contributed by atoms with Gasteiger partial charge in [0.1, 0.15) is 0 Å². The van der Waals surface area contributed by atoms with Gasteiger partial charge in [0.2, 0.25) is 0 Å². The standard InChI is InChI=1S/C17H17N3O3/c1-17(16(22)23)7-8-20(11-17)15(21)13-9-18-14(19-10-13)12-5-3-2-4-6-12/h2-6,9-10H,7-8,11H2,1H3,(H,22,23). The van der Waals surface area contributed by atoms with Crippen molar-refractivity contribution in [3.8, 4) is 11.4 Å². The average molecular weight is 311 g/mol. The number of carbonyl (C=O) groups is 2. The topological polar surface area (TPSA) is 83.4 Å². The Morgan fingerprint density at radius 2 is 1.83 bits per heavy atom. The molecule has 1 atom stereocenters. The Morgan fingerprint density at radius 1 is 1.17 bits per heavy atom. The number of benzene rings is 1. The van der Waals surface area contributed by atoms with E-state index < -0.39 is 11.4 Å². The quantitative estimate of drug-likeness (QED) is 0.938. The van der Waals surface area contributed by atoms with Crippen LogP contribution in [0.25, 0.3) is 11.4 Å². The molecule has 1 N–H and O–H groups in total. The summed E-state index contributed by atoms with van der Waals surface area (Å²) in [5.41, 5.74) is 0.381. The second-order valence-corrected chi connectivity index (χ2v) is 6.00. The highest BCUT2D eigenvalue weighted by Gasteiger charge is 2.42. The second kappa shape index (κ2) is 5.79. The lowest BCUT2D eigenvalue weighted by molar-refractivity contribution is -0.147. The molecule has 2 heterocycles. The van der Waals surface area contributed by atoms with Crippen molar-refractivity contribution in [1.82, 2.24) is 14.9 Å². The summed E-state index contributed by atoms with van der Waals surface area (Å²) >= 11 is 0. The molecular weight excluding hydrogens is 294 g/mol. The van der Waals surface area contributed by atoms with Gasteiger partial charge in [-0.2, -0.15) is 0 Å². The van der Waals surface area contributed by atoms with Crippen LogP contribution in [0.15, 0.2) is 42.7 Å². The molecule has 1 aliphatic heterocycles. The summed E-state index contributed by atoms with van der Waals surface area (Å²) < 4.78 is 0. The van der Waals surface area contributed by atoms with Crippen LogP contribution in [0.5, 0.6) is 0 Å². The number of aromatic nitrogens is 2. The van der Waals surface area contributed by atoms with Crippen LogP contribution in [0.2, 0.25) is 0 Å². The first-order valence-corrected chi connectivity index (χ1v) is 7.40. The van der Waals surface area contributed by atoms with Gasteiger partial charge in [-0.3, -0.25) is 9.59 Å². The zero-order chi connectivity index (χ0) is 16.4. The normalized spacial score (nSPS) is 20.5. The Balaban J connectivity index is 1.75. The molecule has 6 heteroatoms. The van der Waals surface area contributed by atoms with Crippen molar-refractivity contribution in [2.75, 3.05) is 13.1 Å². The SMILES string of the molecule is CC1(C(=O)O)CCN(C(=O)c2cnc(-c3ccccc3)nc2)C1. The Bertz CT molecular complexity index is 731. The van der Waals surface area contributed by atoms with Gasteiger partial charge >= 0.3 is 5.97 Å². The number of hydrogen-bond acceptors (Lipinski definition) is 4. The highest BCUT2D eigenvalue weighted by molar-refractivity contribution is 5.94. The van der Waals surface area contributed by atoms with Gasteiger partial charge in [-0.05, 0) is 13.3 Å². The Kier molecular flexibility index (Phi) is 3.82. The minimum atomic E-state index is -0.875. The molecule has 2 aromatic rings. The Morgan fingerprint density at radius 3 is 2.39 bits per heavy atom. The predicted molar refractivity (Wildman–Crippen MR) is 83.7 cm³/mol. The molecule has 0 aliphatic carbocycles. The van der Waals surface area contributed by atoms with Crippen LogP contribution in [0, 0.1) is 5.41 Å². The molecule has 1 aromatic heterocycles. The third-order valence-corrected chi connectivity index (χ3v) is 4.21. The van der Waals surface area contributed by atoms with Crippen LogP contribution in [0.4, 0.5) is 0 Å². The molecule has 0 spiro atoms. The van der Waals surface area contributed by atoms with E-state index in [1.165, 1.54) is 12.4 Å². The number of amides is 1. The van der Waals surface area contributed by atoms with Crippen LogP contribution in [-0.2, 0) is 4.79 Å².